The minimum Gasteiger partial charge on any atom is -0.493 e. The molecule has 6 rings (SSSR count). The Hall–Kier alpha value is -4.17. The largest absolute Gasteiger partial charge is 0.493 e. The lowest BCUT2D eigenvalue weighted by atomic mass is 10.2. The maximum atomic E-state index is 5.56. The Bertz CT molecular complexity index is 1730. The molecule has 39 heavy (non-hydrogen) atoms. The minimum absolute atomic E-state index is 0.455. The number of halogens is 1. The van der Waals surface area contributed by atoms with Gasteiger partial charge in [0.15, 0.2) is 28.0 Å². The van der Waals surface area contributed by atoms with Crippen LogP contribution in [0.3, 0.4) is 0 Å². The number of anilines is 3. The van der Waals surface area contributed by atoms with E-state index in [4.69, 9.17) is 29.0 Å². The van der Waals surface area contributed by atoms with E-state index in [9.17, 15) is 0 Å². The van der Waals surface area contributed by atoms with Crippen molar-refractivity contribution in [1.29, 1.82) is 0 Å². The molecule has 0 saturated carbocycles. The van der Waals surface area contributed by atoms with Gasteiger partial charge in [0.2, 0.25) is 11.8 Å². The van der Waals surface area contributed by atoms with Gasteiger partial charge >= 0.3 is 0 Å². The molecule has 0 aliphatic rings. The molecular formula is C27H22IN7O3S. The lowest BCUT2D eigenvalue weighted by molar-refractivity contribution is 0.354. The highest BCUT2D eigenvalue weighted by Crippen LogP contribution is 2.32. The molecular weight excluding hydrogens is 629 g/mol. The molecule has 0 amide bonds. The standard InChI is InChI=1S/C27H22IN7O3S/c1-36-21-10-5-16(12-23(21)37-2)13-29-26-30-14-19(25-33-24(34-35(25)26)22-4-3-11-38-22)20-15-39-27(32-20)31-18-8-6-17(28)7-9-18/h3-12,14-15H,13H2,1-2H3,(H,29,30)(H,31,32). The number of aromatic nitrogens is 5. The number of hydrogen-bond acceptors (Lipinski definition) is 10. The van der Waals surface area contributed by atoms with Crippen molar-refractivity contribution in [3.8, 4) is 34.3 Å². The van der Waals surface area contributed by atoms with Gasteiger partial charge in [0, 0.05) is 27.4 Å². The zero-order valence-corrected chi connectivity index (χ0v) is 23.9. The summed E-state index contributed by atoms with van der Waals surface area (Å²) < 4.78 is 19.2. The van der Waals surface area contributed by atoms with Crippen LogP contribution in [0.25, 0.3) is 28.5 Å². The van der Waals surface area contributed by atoms with E-state index in [1.54, 1.807) is 37.3 Å². The fourth-order valence-corrected chi connectivity index (χ4v) is 5.06. The van der Waals surface area contributed by atoms with E-state index in [1.807, 2.05) is 53.9 Å². The molecule has 12 heteroatoms. The van der Waals surface area contributed by atoms with E-state index in [1.165, 1.54) is 14.9 Å². The Labute approximate surface area is 241 Å². The van der Waals surface area contributed by atoms with Crippen molar-refractivity contribution in [2.75, 3.05) is 24.9 Å². The zero-order valence-electron chi connectivity index (χ0n) is 20.9. The predicted octanol–water partition coefficient (Wildman–Crippen LogP) is 6.49. The van der Waals surface area contributed by atoms with Gasteiger partial charge in [-0.05, 0) is 76.7 Å². The molecule has 0 bridgehead atoms. The van der Waals surface area contributed by atoms with E-state index < -0.39 is 0 Å². The summed E-state index contributed by atoms with van der Waals surface area (Å²) in [6.45, 7) is 0.485. The van der Waals surface area contributed by atoms with Crippen LogP contribution in [0.4, 0.5) is 16.8 Å². The fourth-order valence-electron chi connectivity index (χ4n) is 3.97. The summed E-state index contributed by atoms with van der Waals surface area (Å²) in [4.78, 5) is 14.3. The number of thiazole rings is 1. The van der Waals surface area contributed by atoms with Crippen LogP contribution in [0.2, 0.25) is 0 Å². The van der Waals surface area contributed by atoms with Crippen LogP contribution in [-0.4, -0.2) is 38.8 Å². The van der Waals surface area contributed by atoms with Gasteiger partial charge in [0.25, 0.3) is 0 Å². The summed E-state index contributed by atoms with van der Waals surface area (Å²) >= 11 is 3.79. The molecule has 0 fully saturated rings. The van der Waals surface area contributed by atoms with E-state index in [0.717, 1.165) is 27.6 Å². The van der Waals surface area contributed by atoms with Crippen LogP contribution >= 0.6 is 33.9 Å². The minimum atomic E-state index is 0.455. The zero-order chi connectivity index (χ0) is 26.8. The summed E-state index contributed by atoms with van der Waals surface area (Å²) in [5, 5.41) is 14.2. The first-order chi connectivity index (χ1) is 19.1. The molecule has 6 aromatic rings. The second-order valence-corrected chi connectivity index (χ2v) is 10.5. The Kier molecular flexibility index (Phi) is 7.02. The monoisotopic (exact) mass is 651 g/mol. The smallest absolute Gasteiger partial charge is 0.226 e. The van der Waals surface area contributed by atoms with Crippen molar-refractivity contribution in [2.45, 2.75) is 6.54 Å². The van der Waals surface area contributed by atoms with Gasteiger partial charge in [-0.3, -0.25) is 0 Å². The van der Waals surface area contributed by atoms with E-state index in [0.29, 0.717) is 41.2 Å². The third-order valence-electron chi connectivity index (χ3n) is 5.88. The number of nitrogens with one attached hydrogen (secondary N) is 2. The number of rotatable bonds is 9. The van der Waals surface area contributed by atoms with Crippen LogP contribution < -0.4 is 20.1 Å². The molecule has 196 valence electrons. The normalized spacial score (nSPS) is 11.1. The number of nitrogens with zero attached hydrogens (tertiary/aromatic N) is 5. The molecule has 0 radical (unpaired) electrons. The Morgan fingerprint density at radius 2 is 1.87 bits per heavy atom. The first-order valence-electron chi connectivity index (χ1n) is 11.8. The molecule has 0 atom stereocenters. The first kappa shape index (κ1) is 25.1. The molecule has 0 saturated heterocycles. The van der Waals surface area contributed by atoms with E-state index >= 15 is 0 Å². The molecule has 4 heterocycles. The van der Waals surface area contributed by atoms with Crippen LogP contribution in [0.15, 0.2) is 76.9 Å². The summed E-state index contributed by atoms with van der Waals surface area (Å²) in [6.07, 6.45) is 3.36. The van der Waals surface area contributed by atoms with Gasteiger partial charge in [-0.25, -0.2) is 15.0 Å². The molecule has 0 spiro atoms. The summed E-state index contributed by atoms with van der Waals surface area (Å²) in [6, 6.07) is 17.5. The van der Waals surface area contributed by atoms with Crippen LogP contribution in [-0.2, 0) is 6.54 Å². The van der Waals surface area contributed by atoms with Crippen LogP contribution in [0, 0.1) is 3.57 Å². The number of methoxy groups -OCH3 is 2. The van der Waals surface area contributed by atoms with E-state index in [-0.39, 0.29) is 0 Å². The van der Waals surface area contributed by atoms with Crippen molar-refractivity contribution in [3.05, 3.63) is 81.6 Å². The third kappa shape index (κ3) is 5.25. The van der Waals surface area contributed by atoms with E-state index in [2.05, 4.69) is 38.2 Å². The fraction of sp³-hybridized carbons (Fsp3) is 0.111. The van der Waals surface area contributed by atoms with Crippen molar-refractivity contribution in [2.24, 2.45) is 0 Å². The average Bonchev–Trinajstić information content (AvgIpc) is 3.74. The number of hydrogen-bond donors (Lipinski definition) is 2. The summed E-state index contributed by atoms with van der Waals surface area (Å²) in [7, 11) is 3.23. The second-order valence-electron chi connectivity index (χ2n) is 8.36. The third-order valence-corrected chi connectivity index (χ3v) is 7.36. The Balaban J connectivity index is 1.33. The Morgan fingerprint density at radius 1 is 1.03 bits per heavy atom. The lowest BCUT2D eigenvalue weighted by Gasteiger charge is -2.11. The molecule has 2 aromatic carbocycles. The molecule has 0 aliphatic heterocycles. The maximum absolute atomic E-state index is 5.56. The first-order valence-corrected chi connectivity index (χ1v) is 13.8. The average molecular weight is 651 g/mol. The number of ether oxygens (including phenoxy) is 2. The van der Waals surface area contributed by atoms with Crippen molar-refractivity contribution >= 4 is 56.3 Å². The summed E-state index contributed by atoms with van der Waals surface area (Å²) in [5.41, 5.74) is 4.07. The molecule has 4 aromatic heterocycles. The maximum Gasteiger partial charge on any atom is 0.226 e. The lowest BCUT2D eigenvalue weighted by Crippen LogP contribution is -2.08. The summed E-state index contributed by atoms with van der Waals surface area (Å²) in [5.74, 6) is 2.88. The highest BCUT2D eigenvalue weighted by Gasteiger charge is 2.19. The van der Waals surface area contributed by atoms with Crippen molar-refractivity contribution in [3.63, 3.8) is 0 Å². The molecule has 2 N–H and O–H groups in total. The topological polar surface area (TPSA) is 112 Å². The van der Waals surface area contributed by atoms with Gasteiger partial charge in [0.05, 0.1) is 31.7 Å². The molecule has 10 nitrogen and oxygen atoms in total. The molecule has 0 aliphatic carbocycles. The number of fused-ring (bicyclic) bond motifs is 1. The van der Waals surface area contributed by atoms with Gasteiger partial charge in [0.1, 0.15) is 0 Å². The second kappa shape index (κ2) is 10.9. The highest BCUT2D eigenvalue weighted by molar-refractivity contribution is 14.1. The van der Waals surface area contributed by atoms with Gasteiger partial charge in [-0.15, -0.1) is 16.4 Å². The van der Waals surface area contributed by atoms with Gasteiger partial charge < -0.3 is 24.5 Å². The quantitative estimate of drug-likeness (QED) is 0.170. The van der Waals surface area contributed by atoms with Crippen molar-refractivity contribution < 1.29 is 13.9 Å². The van der Waals surface area contributed by atoms with Crippen molar-refractivity contribution in [1.82, 2.24) is 24.6 Å². The van der Waals surface area contributed by atoms with Crippen LogP contribution in [0.1, 0.15) is 5.56 Å². The predicted molar refractivity (Wildman–Crippen MR) is 159 cm³/mol. The van der Waals surface area contributed by atoms with Gasteiger partial charge in [-0.2, -0.15) is 4.52 Å². The SMILES string of the molecule is COc1ccc(CNc2ncc(-c3csc(Nc4ccc(I)cc4)n3)c3nc(-c4ccco4)nn23)cc1OC. The highest BCUT2D eigenvalue weighted by atomic mass is 127. The van der Waals surface area contributed by atoms with Crippen LogP contribution in [0.5, 0.6) is 11.5 Å². The number of benzene rings is 2. The Morgan fingerprint density at radius 3 is 2.64 bits per heavy atom. The molecule has 0 unspecified atom stereocenters. The van der Waals surface area contributed by atoms with Gasteiger partial charge in [-0.1, -0.05) is 6.07 Å². The number of furan rings is 1.